The van der Waals surface area contributed by atoms with E-state index in [4.69, 9.17) is 0 Å². The van der Waals surface area contributed by atoms with Crippen LogP contribution in [0.5, 0.6) is 0 Å². The van der Waals surface area contributed by atoms with Gasteiger partial charge < -0.3 is 0 Å². The smallest absolute Gasteiger partial charge is 0.127 e. The van der Waals surface area contributed by atoms with Crippen molar-refractivity contribution in [1.82, 2.24) is 0 Å². The van der Waals surface area contributed by atoms with Crippen molar-refractivity contribution in [2.24, 2.45) is 0 Å². The molecule has 3 rings (SSSR count). The van der Waals surface area contributed by atoms with Crippen LogP contribution in [0.3, 0.4) is 0 Å². The van der Waals surface area contributed by atoms with Gasteiger partial charge in [-0.25, -0.2) is 4.39 Å². The van der Waals surface area contributed by atoms with Gasteiger partial charge in [-0.05, 0) is 85.2 Å². The topological polar surface area (TPSA) is 0 Å². The predicted molar refractivity (Wildman–Crippen MR) is 126 cm³/mol. The zero-order chi connectivity index (χ0) is 21.2. The molecule has 0 bridgehead atoms. The number of hydrogen-bond donors (Lipinski definition) is 0. The largest absolute Gasteiger partial charge is 0.207 e. The first-order valence-corrected chi connectivity index (χ1v) is 10.8. The minimum Gasteiger partial charge on any atom is -0.207 e. The number of allylic oxidation sites excluding steroid dienone is 2. The molecule has 30 heavy (non-hydrogen) atoms. The molecule has 0 aliphatic rings. The molecule has 0 fully saturated rings. The van der Waals surface area contributed by atoms with E-state index in [1.807, 2.05) is 43.3 Å². The highest BCUT2D eigenvalue weighted by Crippen LogP contribution is 2.23. The SMILES string of the molecule is C/C=C/CCc1ccc(C#Cc2ccc(-c3ccc(CCCC)c(F)c3)cc2)cc1. The summed E-state index contributed by atoms with van der Waals surface area (Å²) in [5.74, 6) is 6.33. The van der Waals surface area contributed by atoms with Gasteiger partial charge in [-0.2, -0.15) is 0 Å². The molecular weight excluding hydrogens is 367 g/mol. The van der Waals surface area contributed by atoms with Gasteiger partial charge in [0.25, 0.3) is 0 Å². The fourth-order valence-corrected chi connectivity index (χ4v) is 3.36. The summed E-state index contributed by atoms with van der Waals surface area (Å²) in [6.45, 7) is 4.17. The quantitative estimate of drug-likeness (QED) is 0.283. The number of unbranched alkanes of at least 4 members (excludes halogenated alkanes) is 1. The molecular formula is C29H29F. The van der Waals surface area contributed by atoms with Crippen LogP contribution in [-0.2, 0) is 12.8 Å². The average Bonchev–Trinajstić information content (AvgIpc) is 2.78. The molecule has 0 amide bonds. The first-order chi connectivity index (χ1) is 14.7. The van der Waals surface area contributed by atoms with E-state index in [9.17, 15) is 4.39 Å². The van der Waals surface area contributed by atoms with E-state index in [2.05, 4.69) is 55.2 Å². The van der Waals surface area contributed by atoms with Gasteiger partial charge in [-0.15, -0.1) is 0 Å². The van der Waals surface area contributed by atoms with Crippen LogP contribution in [-0.4, -0.2) is 0 Å². The first-order valence-electron chi connectivity index (χ1n) is 10.8. The van der Waals surface area contributed by atoms with Gasteiger partial charge in [0.05, 0.1) is 0 Å². The van der Waals surface area contributed by atoms with Gasteiger partial charge in [0.1, 0.15) is 5.82 Å². The Morgan fingerprint density at radius 3 is 2.03 bits per heavy atom. The van der Waals surface area contributed by atoms with Gasteiger partial charge >= 0.3 is 0 Å². The van der Waals surface area contributed by atoms with Crippen molar-refractivity contribution in [2.45, 2.75) is 46.0 Å². The highest BCUT2D eigenvalue weighted by Gasteiger charge is 2.05. The zero-order valence-electron chi connectivity index (χ0n) is 17.9. The van der Waals surface area contributed by atoms with Crippen molar-refractivity contribution in [3.8, 4) is 23.0 Å². The third-order valence-corrected chi connectivity index (χ3v) is 5.21. The lowest BCUT2D eigenvalue weighted by molar-refractivity contribution is 0.603. The number of rotatable bonds is 7. The summed E-state index contributed by atoms with van der Waals surface area (Å²) in [5.41, 5.74) is 6.01. The number of benzene rings is 3. The highest BCUT2D eigenvalue weighted by atomic mass is 19.1. The molecule has 0 unspecified atom stereocenters. The molecule has 0 spiro atoms. The zero-order valence-corrected chi connectivity index (χ0v) is 17.9. The summed E-state index contributed by atoms with van der Waals surface area (Å²) in [6, 6.07) is 22.0. The molecule has 0 radical (unpaired) electrons. The first kappa shape index (κ1) is 21.6. The molecule has 0 aromatic heterocycles. The lowest BCUT2D eigenvalue weighted by Crippen LogP contribution is -1.91. The van der Waals surface area contributed by atoms with Gasteiger partial charge in [-0.1, -0.05) is 73.7 Å². The van der Waals surface area contributed by atoms with Crippen LogP contribution >= 0.6 is 0 Å². The maximum absolute atomic E-state index is 14.3. The Bertz CT molecular complexity index is 1030. The second-order valence-electron chi connectivity index (χ2n) is 7.54. The molecule has 0 heterocycles. The van der Waals surface area contributed by atoms with Gasteiger partial charge in [0.2, 0.25) is 0 Å². The van der Waals surface area contributed by atoms with Gasteiger partial charge in [-0.3, -0.25) is 0 Å². The molecule has 0 saturated heterocycles. The Morgan fingerprint density at radius 1 is 0.800 bits per heavy atom. The highest BCUT2D eigenvalue weighted by molar-refractivity contribution is 5.65. The molecule has 0 saturated carbocycles. The summed E-state index contributed by atoms with van der Waals surface area (Å²) >= 11 is 0. The molecule has 0 aliphatic carbocycles. The van der Waals surface area contributed by atoms with Crippen molar-refractivity contribution in [2.75, 3.05) is 0 Å². The molecule has 0 N–H and O–H groups in total. The lowest BCUT2D eigenvalue weighted by Gasteiger charge is -2.06. The van der Waals surface area contributed by atoms with Gasteiger partial charge in [0, 0.05) is 11.1 Å². The molecule has 3 aromatic rings. The van der Waals surface area contributed by atoms with E-state index in [1.54, 1.807) is 6.07 Å². The number of hydrogen-bond acceptors (Lipinski definition) is 0. The summed E-state index contributed by atoms with van der Waals surface area (Å²) in [7, 11) is 0. The van der Waals surface area contributed by atoms with Crippen LogP contribution < -0.4 is 0 Å². The standard InChI is InChI=1S/C29H29F/c1-3-5-7-8-23-10-12-24(13-11-23)14-15-25-16-18-26(19-17-25)28-21-20-27(9-6-4-2)29(30)22-28/h3,5,10-13,16-22H,4,6-9H2,1-2H3/b5-3+. The fraction of sp³-hybridized carbons (Fsp3) is 0.241. The molecule has 1 heteroatoms. The molecule has 3 aromatic carbocycles. The van der Waals surface area contributed by atoms with Crippen LogP contribution in [0.2, 0.25) is 0 Å². The minimum atomic E-state index is -0.112. The van der Waals surface area contributed by atoms with E-state index in [-0.39, 0.29) is 5.82 Å². The second kappa shape index (κ2) is 11.2. The molecule has 0 aliphatic heterocycles. The van der Waals surface area contributed by atoms with E-state index < -0.39 is 0 Å². The van der Waals surface area contributed by atoms with Crippen molar-refractivity contribution in [3.63, 3.8) is 0 Å². The third-order valence-electron chi connectivity index (χ3n) is 5.21. The Labute approximate surface area is 180 Å². The third kappa shape index (κ3) is 6.19. The summed E-state index contributed by atoms with van der Waals surface area (Å²) < 4.78 is 14.3. The Hall–Kier alpha value is -3.11. The predicted octanol–water partition coefficient (Wildman–Crippen LogP) is 7.74. The van der Waals surface area contributed by atoms with E-state index in [0.29, 0.717) is 0 Å². The molecule has 0 nitrogen and oxygen atoms in total. The average molecular weight is 397 g/mol. The second-order valence-corrected chi connectivity index (χ2v) is 7.54. The van der Waals surface area contributed by atoms with Crippen LogP contribution in [0.25, 0.3) is 11.1 Å². The van der Waals surface area contributed by atoms with Crippen molar-refractivity contribution >= 4 is 0 Å². The lowest BCUT2D eigenvalue weighted by atomic mass is 10.00. The van der Waals surface area contributed by atoms with E-state index in [1.165, 1.54) is 5.56 Å². The molecule has 152 valence electrons. The Kier molecular flexibility index (Phi) is 8.04. The number of aryl methyl sites for hydroxylation is 2. The van der Waals surface area contributed by atoms with Crippen LogP contribution in [0, 0.1) is 17.7 Å². The van der Waals surface area contributed by atoms with Crippen molar-refractivity contribution in [3.05, 3.63) is 107 Å². The number of halogens is 1. The van der Waals surface area contributed by atoms with E-state index in [0.717, 1.165) is 59.9 Å². The Balaban J connectivity index is 1.66. The normalized spacial score (nSPS) is 10.8. The van der Waals surface area contributed by atoms with Crippen molar-refractivity contribution in [1.29, 1.82) is 0 Å². The van der Waals surface area contributed by atoms with Gasteiger partial charge in [0.15, 0.2) is 0 Å². The van der Waals surface area contributed by atoms with Crippen LogP contribution in [0.1, 0.15) is 55.4 Å². The van der Waals surface area contributed by atoms with Crippen LogP contribution in [0.15, 0.2) is 78.9 Å². The van der Waals surface area contributed by atoms with Crippen LogP contribution in [0.4, 0.5) is 4.39 Å². The Morgan fingerprint density at radius 2 is 1.43 bits per heavy atom. The maximum Gasteiger partial charge on any atom is 0.127 e. The fourth-order valence-electron chi connectivity index (χ4n) is 3.36. The molecule has 0 atom stereocenters. The monoisotopic (exact) mass is 396 g/mol. The minimum absolute atomic E-state index is 0.112. The summed E-state index contributed by atoms with van der Waals surface area (Å²) in [4.78, 5) is 0. The maximum atomic E-state index is 14.3. The van der Waals surface area contributed by atoms with E-state index >= 15 is 0 Å². The van der Waals surface area contributed by atoms with Crippen molar-refractivity contribution < 1.29 is 4.39 Å². The summed E-state index contributed by atoms with van der Waals surface area (Å²) in [5, 5.41) is 0. The summed E-state index contributed by atoms with van der Waals surface area (Å²) in [6.07, 6.45) is 9.29.